The molecule has 0 aliphatic carbocycles. The van der Waals surface area contributed by atoms with E-state index in [4.69, 9.17) is 0 Å². The highest BCUT2D eigenvalue weighted by Crippen LogP contribution is 2.33. The summed E-state index contributed by atoms with van der Waals surface area (Å²) in [7, 11) is 0. The monoisotopic (exact) mass is 304 g/mol. The summed E-state index contributed by atoms with van der Waals surface area (Å²) in [6.07, 6.45) is -2.19. The largest absolute Gasteiger partial charge is 0.419 e. The number of thiazole rings is 1. The fourth-order valence-electron chi connectivity index (χ4n) is 1.63. The topological polar surface area (TPSA) is 24.9 Å². The molecule has 1 heterocycles. The van der Waals surface area contributed by atoms with Crippen LogP contribution >= 0.6 is 11.3 Å². The molecule has 0 saturated carbocycles. The molecule has 2 aromatic rings. The van der Waals surface area contributed by atoms with Crippen LogP contribution in [-0.4, -0.2) is 4.98 Å². The van der Waals surface area contributed by atoms with Crippen molar-refractivity contribution in [3.8, 4) is 0 Å². The maximum atomic E-state index is 13.1. The lowest BCUT2D eigenvalue weighted by Crippen LogP contribution is -2.09. The highest BCUT2D eigenvalue weighted by atomic mass is 32.1. The molecule has 0 atom stereocenters. The molecule has 20 heavy (non-hydrogen) atoms. The van der Waals surface area contributed by atoms with Crippen molar-refractivity contribution in [1.82, 2.24) is 4.98 Å². The minimum atomic E-state index is -4.69. The molecule has 0 aliphatic rings. The summed E-state index contributed by atoms with van der Waals surface area (Å²) in [6, 6.07) is 2.87. The van der Waals surface area contributed by atoms with Gasteiger partial charge in [0.1, 0.15) is 5.82 Å². The van der Waals surface area contributed by atoms with Crippen molar-refractivity contribution < 1.29 is 17.6 Å². The van der Waals surface area contributed by atoms with Crippen LogP contribution < -0.4 is 5.32 Å². The van der Waals surface area contributed by atoms with Crippen LogP contribution in [0.5, 0.6) is 0 Å². The Morgan fingerprint density at radius 1 is 1.30 bits per heavy atom. The van der Waals surface area contributed by atoms with Gasteiger partial charge in [-0.05, 0) is 24.6 Å². The zero-order valence-corrected chi connectivity index (χ0v) is 11.4. The van der Waals surface area contributed by atoms with Crippen LogP contribution in [0.2, 0.25) is 0 Å². The Balaban J connectivity index is 2.10. The number of hydrogen-bond donors (Lipinski definition) is 1. The number of benzene rings is 1. The summed E-state index contributed by atoms with van der Waals surface area (Å²) in [5.74, 6) is -1.27. The lowest BCUT2D eigenvalue weighted by Gasteiger charge is -2.11. The summed E-state index contributed by atoms with van der Waals surface area (Å²) in [5, 5.41) is 3.81. The van der Waals surface area contributed by atoms with Gasteiger partial charge in [0.15, 0.2) is 0 Å². The minimum absolute atomic E-state index is 0.227. The van der Waals surface area contributed by atoms with Crippen molar-refractivity contribution in [2.24, 2.45) is 0 Å². The number of aromatic nitrogens is 1. The fraction of sp³-hybridized carbons (Fsp3) is 0.308. The lowest BCUT2D eigenvalue weighted by atomic mass is 10.2. The van der Waals surface area contributed by atoms with Crippen LogP contribution in [0.25, 0.3) is 0 Å². The first-order valence-electron chi connectivity index (χ1n) is 5.94. The first kappa shape index (κ1) is 14.8. The zero-order valence-electron chi connectivity index (χ0n) is 10.6. The van der Waals surface area contributed by atoms with Crippen molar-refractivity contribution in [2.45, 2.75) is 26.1 Å². The van der Waals surface area contributed by atoms with Crippen LogP contribution in [0.4, 0.5) is 23.2 Å². The van der Waals surface area contributed by atoms with Crippen molar-refractivity contribution in [3.05, 3.63) is 45.7 Å². The Morgan fingerprint density at radius 3 is 2.65 bits per heavy atom. The molecule has 0 aliphatic heterocycles. The number of nitrogens with one attached hydrogen (secondary N) is 1. The Kier molecular flexibility index (Phi) is 4.27. The second kappa shape index (κ2) is 5.78. The molecule has 2 nitrogen and oxygen atoms in total. The van der Waals surface area contributed by atoms with Gasteiger partial charge in [0.25, 0.3) is 0 Å². The predicted octanol–water partition coefficient (Wildman–Crippen LogP) is 4.48. The molecule has 2 rings (SSSR count). The third kappa shape index (κ3) is 3.47. The van der Waals surface area contributed by atoms with Crippen LogP contribution in [0.1, 0.15) is 22.4 Å². The minimum Gasteiger partial charge on any atom is -0.380 e. The second-order valence-corrected chi connectivity index (χ2v) is 5.32. The summed E-state index contributed by atoms with van der Waals surface area (Å²) in [6.45, 7) is 2.34. The van der Waals surface area contributed by atoms with Crippen LogP contribution in [0, 0.1) is 5.82 Å². The Morgan fingerprint density at radius 2 is 2.05 bits per heavy atom. The molecule has 0 unspecified atom stereocenters. The van der Waals surface area contributed by atoms with E-state index in [2.05, 4.69) is 10.3 Å². The normalized spacial score (nSPS) is 11.7. The average molecular weight is 304 g/mol. The molecule has 0 fully saturated rings. The number of halogens is 4. The highest BCUT2D eigenvalue weighted by Gasteiger charge is 2.34. The van der Waals surface area contributed by atoms with Crippen molar-refractivity contribution in [3.63, 3.8) is 0 Å². The number of rotatable bonds is 4. The summed E-state index contributed by atoms with van der Waals surface area (Å²) in [4.78, 5) is 5.07. The van der Waals surface area contributed by atoms with Gasteiger partial charge >= 0.3 is 6.18 Å². The van der Waals surface area contributed by atoms with E-state index in [1.54, 1.807) is 6.20 Å². The van der Waals surface area contributed by atoms with E-state index in [-0.39, 0.29) is 5.69 Å². The standard InChI is InChI=1S/C13H12F4N2S/c1-2-12-19-7-9(20-12)6-18-8-3-4-11(14)10(5-8)13(15,16)17/h3-5,7,18H,2,6H2,1H3. The quantitative estimate of drug-likeness (QED) is 0.843. The fourth-order valence-corrected chi connectivity index (χ4v) is 2.44. The molecule has 0 saturated heterocycles. The maximum absolute atomic E-state index is 13.1. The number of hydrogen-bond acceptors (Lipinski definition) is 3. The van der Waals surface area contributed by atoms with E-state index in [1.165, 1.54) is 17.4 Å². The molecule has 1 N–H and O–H groups in total. The van der Waals surface area contributed by atoms with E-state index < -0.39 is 17.6 Å². The Labute approximate surface area is 117 Å². The van der Waals surface area contributed by atoms with Gasteiger partial charge in [-0.15, -0.1) is 11.3 Å². The molecule has 108 valence electrons. The van der Waals surface area contributed by atoms with Crippen molar-refractivity contribution in [1.29, 1.82) is 0 Å². The third-order valence-corrected chi connectivity index (χ3v) is 3.78. The van der Waals surface area contributed by atoms with Gasteiger partial charge in [-0.2, -0.15) is 13.2 Å². The molecular weight excluding hydrogens is 292 g/mol. The molecule has 1 aromatic carbocycles. The van der Waals surface area contributed by atoms with Crippen LogP contribution in [0.3, 0.4) is 0 Å². The lowest BCUT2D eigenvalue weighted by molar-refractivity contribution is -0.139. The number of nitrogens with zero attached hydrogens (tertiary/aromatic N) is 1. The van der Waals surface area contributed by atoms with E-state index in [0.717, 1.165) is 28.4 Å². The molecule has 1 aromatic heterocycles. The summed E-state index contributed by atoms with van der Waals surface area (Å²) < 4.78 is 50.8. The number of alkyl halides is 3. The van der Waals surface area contributed by atoms with Gasteiger partial charge < -0.3 is 5.32 Å². The highest BCUT2D eigenvalue weighted by molar-refractivity contribution is 7.11. The maximum Gasteiger partial charge on any atom is 0.419 e. The van der Waals surface area contributed by atoms with Crippen LogP contribution in [0.15, 0.2) is 24.4 Å². The molecular formula is C13H12F4N2S. The zero-order chi connectivity index (χ0) is 14.8. The summed E-state index contributed by atoms with van der Waals surface area (Å²) in [5.41, 5.74) is -1.04. The van der Waals surface area contributed by atoms with Crippen LogP contribution in [-0.2, 0) is 19.1 Å². The molecule has 0 radical (unpaired) electrons. The van der Waals surface area contributed by atoms with Gasteiger partial charge in [-0.1, -0.05) is 6.92 Å². The van der Waals surface area contributed by atoms with Gasteiger partial charge in [0.05, 0.1) is 17.1 Å². The summed E-state index contributed by atoms with van der Waals surface area (Å²) >= 11 is 1.50. The molecule has 7 heteroatoms. The van der Waals surface area contributed by atoms with Crippen molar-refractivity contribution >= 4 is 17.0 Å². The van der Waals surface area contributed by atoms with Gasteiger partial charge in [0, 0.05) is 16.8 Å². The van der Waals surface area contributed by atoms with E-state index >= 15 is 0 Å². The predicted molar refractivity (Wildman–Crippen MR) is 70.2 cm³/mol. The first-order valence-corrected chi connectivity index (χ1v) is 6.76. The smallest absolute Gasteiger partial charge is 0.380 e. The number of anilines is 1. The van der Waals surface area contributed by atoms with Gasteiger partial charge in [-0.25, -0.2) is 9.37 Å². The van der Waals surface area contributed by atoms with E-state index in [9.17, 15) is 17.6 Å². The van der Waals surface area contributed by atoms with Gasteiger partial charge in [0.2, 0.25) is 0 Å². The van der Waals surface area contributed by atoms with E-state index in [1.807, 2.05) is 6.92 Å². The SMILES string of the molecule is CCc1ncc(CNc2ccc(F)c(C(F)(F)F)c2)s1. The van der Waals surface area contributed by atoms with Crippen molar-refractivity contribution in [2.75, 3.05) is 5.32 Å². The molecule has 0 bridgehead atoms. The second-order valence-electron chi connectivity index (χ2n) is 4.12. The average Bonchev–Trinajstić information content (AvgIpc) is 2.84. The Hall–Kier alpha value is -1.63. The molecule has 0 spiro atoms. The third-order valence-electron chi connectivity index (χ3n) is 2.64. The molecule has 0 amide bonds. The Bertz CT molecular complexity index is 592. The number of aryl methyl sites for hydroxylation is 1. The first-order chi connectivity index (χ1) is 9.40. The van der Waals surface area contributed by atoms with Gasteiger partial charge in [-0.3, -0.25) is 0 Å². The van der Waals surface area contributed by atoms with E-state index in [0.29, 0.717) is 6.54 Å².